The molecule has 1 aromatic heterocycles. The maximum Gasteiger partial charge on any atom is 0.314 e. The van der Waals surface area contributed by atoms with Gasteiger partial charge >= 0.3 is 5.97 Å². The summed E-state index contributed by atoms with van der Waals surface area (Å²) in [5, 5.41) is 0. The second kappa shape index (κ2) is 9.27. The Hall–Kier alpha value is -3.01. The van der Waals surface area contributed by atoms with Crippen LogP contribution in [0.25, 0.3) is 0 Å². The highest BCUT2D eigenvalue weighted by Crippen LogP contribution is 2.28. The van der Waals surface area contributed by atoms with Crippen LogP contribution in [0.3, 0.4) is 0 Å². The van der Waals surface area contributed by atoms with Crippen molar-refractivity contribution in [1.29, 1.82) is 0 Å². The summed E-state index contributed by atoms with van der Waals surface area (Å²) in [4.78, 5) is 16.0. The normalized spacial score (nSPS) is 12.0. The van der Waals surface area contributed by atoms with Crippen LogP contribution < -0.4 is 4.74 Å². The van der Waals surface area contributed by atoms with Crippen molar-refractivity contribution in [3.05, 3.63) is 89.2 Å². The van der Waals surface area contributed by atoms with Crippen molar-refractivity contribution in [1.82, 2.24) is 4.98 Å². The van der Waals surface area contributed by atoms with Gasteiger partial charge in [-0.05, 0) is 47.2 Å². The predicted molar refractivity (Wildman–Crippen MR) is 110 cm³/mol. The molecular formula is C24H27NO3. The van der Waals surface area contributed by atoms with Crippen LogP contribution in [0.4, 0.5) is 0 Å². The number of benzene rings is 2. The number of rotatable bonds is 8. The van der Waals surface area contributed by atoms with Crippen LogP contribution in [0, 0.1) is 5.92 Å². The van der Waals surface area contributed by atoms with Crippen molar-refractivity contribution >= 4 is 5.97 Å². The van der Waals surface area contributed by atoms with E-state index < -0.39 is 0 Å². The average Bonchev–Trinajstić information content (AvgIpc) is 3.14. The van der Waals surface area contributed by atoms with Gasteiger partial charge < -0.3 is 14.5 Å². The number of methoxy groups -OCH3 is 1. The molecule has 3 aromatic rings. The first-order chi connectivity index (χ1) is 13.6. The number of ether oxygens (including phenoxy) is 2. The predicted octanol–water partition coefficient (Wildman–Crippen LogP) is 5.10. The van der Waals surface area contributed by atoms with Crippen LogP contribution in [0.2, 0.25) is 0 Å². The number of carbonyl (C=O) groups is 1. The fourth-order valence-electron chi connectivity index (χ4n) is 3.39. The molecule has 0 aliphatic heterocycles. The lowest BCUT2D eigenvalue weighted by Crippen LogP contribution is -2.21. The minimum atomic E-state index is -0.307. The first kappa shape index (κ1) is 19.7. The molecule has 4 nitrogen and oxygen atoms in total. The van der Waals surface area contributed by atoms with E-state index in [-0.39, 0.29) is 24.4 Å². The summed E-state index contributed by atoms with van der Waals surface area (Å²) in [6, 6.07) is 19.9. The summed E-state index contributed by atoms with van der Waals surface area (Å²) < 4.78 is 10.9. The van der Waals surface area contributed by atoms with E-state index in [4.69, 9.17) is 9.47 Å². The quantitative estimate of drug-likeness (QED) is 0.556. The first-order valence-electron chi connectivity index (χ1n) is 9.58. The number of aromatic amines is 1. The molecule has 0 saturated heterocycles. The summed E-state index contributed by atoms with van der Waals surface area (Å²) in [5.74, 6) is 0.392. The molecule has 1 N–H and O–H groups in total. The molecule has 4 heteroatoms. The molecule has 0 fully saturated rings. The molecule has 2 aromatic carbocycles. The van der Waals surface area contributed by atoms with E-state index in [9.17, 15) is 4.79 Å². The monoisotopic (exact) mass is 377 g/mol. The third-order valence-corrected chi connectivity index (χ3v) is 4.92. The molecule has 0 spiro atoms. The fraction of sp³-hybridized carbons (Fsp3) is 0.292. The maximum atomic E-state index is 12.8. The lowest BCUT2D eigenvalue weighted by Gasteiger charge is -2.20. The summed E-state index contributed by atoms with van der Waals surface area (Å²) in [5.41, 5.74) is 4.25. The Morgan fingerprint density at radius 2 is 1.71 bits per heavy atom. The van der Waals surface area contributed by atoms with E-state index in [0.29, 0.717) is 0 Å². The van der Waals surface area contributed by atoms with Gasteiger partial charge in [0.25, 0.3) is 0 Å². The molecular weight excluding hydrogens is 350 g/mol. The Balaban J connectivity index is 1.67. The van der Waals surface area contributed by atoms with E-state index in [1.54, 1.807) is 7.11 Å². The average molecular weight is 377 g/mol. The highest BCUT2D eigenvalue weighted by molar-refractivity contribution is 5.78. The maximum absolute atomic E-state index is 12.8. The zero-order chi connectivity index (χ0) is 19.9. The van der Waals surface area contributed by atoms with E-state index in [0.717, 1.165) is 29.0 Å². The zero-order valence-corrected chi connectivity index (χ0v) is 16.6. The van der Waals surface area contributed by atoms with Crippen LogP contribution in [-0.4, -0.2) is 18.1 Å². The van der Waals surface area contributed by atoms with Crippen molar-refractivity contribution in [2.24, 2.45) is 5.92 Å². The van der Waals surface area contributed by atoms with Crippen LogP contribution in [0.15, 0.2) is 66.9 Å². The Bertz CT molecular complexity index is 882. The van der Waals surface area contributed by atoms with Crippen LogP contribution >= 0.6 is 0 Å². The molecule has 1 heterocycles. The summed E-state index contributed by atoms with van der Waals surface area (Å²) >= 11 is 0. The number of carbonyl (C=O) groups excluding carboxylic acids is 1. The lowest BCUT2D eigenvalue weighted by atomic mass is 9.88. The van der Waals surface area contributed by atoms with Crippen LogP contribution in [0.5, 0.6) is 5.75 Å². The van der Waals surface area contributed by atoms with Crippen molar-refractivity contribution in [3.63, 3.8) is 0 Å². The first-order valence-corrected chi connectivity index (χ1v) is 9.58. The Labute approximate surface area is 166 Å². The number of hydrogen-bond acceptors (Lipinski definition) is 3. The van der Waals surface area contributed by atoms with E-state index in [1.807, 2.05) is 68.6 Å². The lowest BCUT2D eigenvalue weighted by molar-refractivity contribution is -0.148. The zero-order valence-electron chi connectivity index (χ0n) is 16.6. The third kappa shape index (κ3) is 4.83. The van der Waals surface area contributed by atoms with Gasteiger partial charge in [0.15, 0.2) is 0 Å². The minimum Gasteiger partial charge on any atom is -0.497 e. The largest absolute Gasteiger partial charge is 0.497 e. The van der Waals surface area contributed by atoms with E-state index in [1.165, 1.54) is 5.56 Å². The highest BCUT2D eigenvalue weighted by Gasteiger charge is 2.26. The summed E-state index contributed by atoms with van der Waals surface area (Å²) in [7, 11) is 1.63. The second-order valence-electron chi connectivity index (χ2n) is 7.25. The molecule has 0 aliphatic rings. The molecule has 0 bridgehead atoms. The molecule has 0 amide bonds. The van der Waals surface area contributed by atoms with Gasteiger partial charge in [-0.15, -0.1) is 0 Å². The number of aromatic nitrogens is 1. The van der Waals surface area contributed by atoms with Crippen LogP contribution in [-0.2, 0) is 22.6 Å². The number of hydrogen-bond donors (Lipinski definition) is 1. The van der Waals surface area contributed by atoms with Crippen molar-refractivity contribution in [2.75, 3.05) is 7.11 Å². The van der Waals surface area contributed by atoms with Gasteiger partial charge in [0.2, 0.25) is 0 Å². The molecule has 146 valence electrons. The van der Waals surface area contributed by atoms with Gasteiger partial charge in [-0.2, -0.15) is 0 Å². The van der Waals surface area contributed by atoms with E-state index in [2.05, 4.69) is 17.1 Å². The smallest absolute Gasteiger partial charge is 0.314 e. The minimum absolute atomic E-state index is 0.133. The molecule has 0 radical (unpaired) electrons. The number of esters is 1. The highest BCUT2D eigenvalue weighted by atomic mass is 16.5. The molecule has 0 saturated carbocycles. The van der Waals surface area contributed by atoms with Crippen molar-refractivity contribution in [3.8, 4) is 5.75 Å². The molecule has 28 heavy (non-hydrogen) atoms. The Morgan fingerprint density at radius 1 is 1.00 bits per heavy atom. The van der Waals surface area contributed by atoms with Gasteiger partial charge in [0.05, 0.1) is 18.7 Å². The molecule has 1 atom stereocenters. The van der Waals surface area contributed by atoms with Crippen molar-refractivity contribution < 1.29 is 14.3 Å². The Morgan fingerprint density at radius 3 is 2.36 bits per heavy atom. The fourth-order valence-corrected chi connectivity index (χ4v) is 3.39. The number of H-pyrrole nitrogens is 1. The van der Waals surface area contributed by atoms with Crippen molar-refractivity contribution in [2.45, 2.75) is 32.8 Å². The standard InChI is InChI=1S/C24H27NO3/c1-17(2)23(19-9-11-21(27-3)12-10-19)24(26)28-16-22-20(13-14-25-22)15-18-7-5-4-6-8-18/h4-14,17,23,25H,15-16H2,1-3H3. The molecule has 3 rings (SSSR count). The molecule has 0 aliphatic carbocycles. The summed E-state index contributed by atoms with van der Waals surface area (Å²) in [6.07, 6.45) is 2.70. The third-order valence-electron chi connectivity index (χ3n) is 4.92. The van der Waals surface area contributed by atoms with E-state index >= 15 is 0 Å². The SMILES string of the molecule is COc1ccc(C(C(=O)OCc2[nH]ccc2Cc2ccccc2)C(C)C)cc1. The second-order valence-corrected chi connectivity index (χ2v) is 7.25. The summed E-state index contributed by atoms with van der Waals surface area (Å²) in [6.45, 7) is 4.31. The molecule has 1 unspecified atom stereocenters. The van der Waals surface area contributed by atoms with Crippen LogP contribution in [0.1, 0.15) is 42.1 Å². The van der Waals surface area contributed by atoms with Gasteiger partial charge in [-0.3, -0.25) is 4.79 Å². The van der Waals surface area contributed by atoms with Gasteiger partial charge in [0, 0.05) is 6.20 Å². The Kier molecular flexibility index (Phi) is 6.53. The topological polar surface area (TPSA) is 51.3 Å². The van der Waals surface area contributed by atoms with Gasteiger partial charge in [-0.25, -0.2) is 0 Å². The number of nitrogens with one attached hydrogen (secondary N) is 1. The van der Waals surface area contributed by atoms with Gasteiger partial charge in [-0.1, -0.05) is 56.3 Å². The van der Waals surface area contributed by atoms with Gasteiger partial charge in [0.1, 0.15) is 12.4 Å².